The summed E-state index contributed by atoms with van der Waals surface area (Å²) in [4.78, 5) is 12.5. The number of amides is 1. The second-order valence-electron chi connectivity index (χ2n) is 7.49. The summed E-state index contributed by atoms with van der Waals surface area (Å²) in [5, 5.41) is 3.87. The summed E-state index contributed by atoms with van der Waals surface area (Å²) < 4.78 is 24.9. The topological polar surface area (TPSA) is 51.5 Å². The number of nitrogens with one attached hydrogen (secondary N) is 1. The zero-order valence-corrected chi connectivity index (χ0v) is 16.9. The van der Waals surface area contributed by atoms with Gasteiger partial charge in [0.1, 0.15) is 22.9 Å². The predicted octanol–water partition coefficient (Wildman–Crippen LogP) is 5.81. The second-order valence-corrected chi connectivity index (χ2v) is 7.49. The van der Waals surface area contributed by atoms with Crippen molar-refractivity contribution in [1.29, 1.82) is 0 Å². The molecule has 150 valence electrons. The molecule has 0 atom stereocenters. The minimum absolute atomic E-state index is 0.275. The predicted molar refractivity (Wildman–Crippen MR) is 113 cm³/mol. The molecule has 4 nitrogen and oxygen atoms in total. The number of hydrogen-bond acceptors (Lipinski definition) is 3. The first-order valence-corrected chi connectivity index (χ1v) is 9.85. The molecule has 1 heterocycles. The van der Waals surface area contributed by atoms with E-state index in [1.54, 1.807) is 13.2 Å². The Labute approximate surface area is 169 Å². The van der Waals surface area contributed by atoms with E-state index in [1.165, 1.54) is 29.8 Å². The van der Waals surface area contributed by atoms with Crippen LogP contribution in [0.5, 0.6) is 5.75 Å². The van der Waals surface area contributed by atoms with Crippen LogP contribution < -0.4 is 10.1 Å². The lowest BCUT2D eigenvalue weighted by Crippen LogP contribution is -2.08. The molecule has 1 aliphatic rings. The number of allylic oxidation sites excluding steroid dienone is 1. The van der Waals surface area contributed by atoms with Crippen molar-refractivity contribution >= 4 is 28.1 Å². The van der Waals surface area contributed by atoms with E-state index in [0.29, 0.717) is 11.4 Å². The maximum atomic E-state index is 13.1. The van der Waals surface area contributed by atoms with E-state index in [1.807, 2.05) is 13.8 Å². The zero-order valence-electron chi connectivity index (χ0n) is 16.9. The van der Waals surface area contributed by atoms with Crippen molar-refractivity contribution in [3.63, 3.8) is 0 Å². The third kappa shape index (κ3) is 3.65. The molecule has 4 rings (SSSR count). The number of fused-ring (bicyclic) bond motifs is 3. The Balaban J connectivity index is 1.72. The van der Waals surface area contributed by atoms with Crippen LogP contribution in [0.15, 0.2) is 40.8 Å². The number of benzene rings is 2. The van der Waals surface area contributed by atoms with Crippen LogP contribution in [-0.4, -0.2) is 13.0 Å². The van der Waals surface area contributed by atoms with Crippen molar-refractivity contribution in [3.05, 3.63) is 64.7 Å². The Morgan fingerprint density at radius 3 is 2.66 bits per heavy atom. The molecule has 29 heavy (non-hydrogen) atoms. The third-order valence-electron chi connectivity index (χ3n) is 5.52. The van der Waals surface area contributed by atoms with E-state index < -0.39 is 0 Å². The van der Waals surface area contributed by atoms with Crippen LogP contribution in [0.3, 0.4) is 0 Å². The lowest BCUT2D eigenvalue weighted by molar-refractivity contribution is -0.111. The van der Waals surface area contributed by atoms with E-state index in [9.17, 15) is 9.18 Å². The lowest BCUT2D eigenvalue weighted by Gasteiger charge is -2.13. The number of carbonyl (C=O) groups is 1. The van der Waals surface area contributed by atoms with Crippen molar-refractivity contribution in [2.24, 2.45) is 0 Å². The highest BCUT2D eigenvalue weighted by Crippen LogP contribution is 2.41. The van der Waals surface area contributed by atoms with Crippen molar-refractivity contribution in [1.82, 2.24) is 0 Å². The van der Waals surface area contributed by atoms with Gasteiger partial charge in [-0.3, -0.25) is 4.79 Å². The quantitative estimate of drug-likeness (QED) is 0.569. The minimum atomic E-state index is -0.341. The van der Waals surface area contributed by atoms with Crippen LogP contribution in [-0.2, 0) is 17.6 Å². The molecular formula is C24H24FNO3. The van der Waals surface area contributed by atoms with Gasteiger partial charge in [-0.1, -0.05) is 0 Å². The molecule has 0 aliphatic heterocycles. The van der Waals surface area contributed by atoms with Crippen LogP contribution in [0.4, 0.5) is 10.1 Å². The van der Waals surface area contributed by atoms with Gasteiger partial charge in [0.25, 0.3) is 0 Å². The van der Waals surface area contributed by atoms with Crippen molar-refractivity contribution in [3.8, 4) is 5.75 Å². The van der Waals surface area contributed by atoms with E-state index in [2.05, 4.69) is 11.4 Å². The number of carbonyl (C=O) groups excluding carboxylic acids is 1. The molecule has 0 spiro atoms. The van der Waals surface area contributed by atoms with Crippen molar-refractivity contribution in [2.45, 2.75) is 39.5 Å². The standard InChI is InChI=1S/C24H24FNO3/c1-14(12-22(27)26-17-10-8-16(25)9-11-17)19-13-20-18-6-4-5-7-21(18)29-24(20)15(2)23(19)28-3/h8-13H,4-7H2,1-3H3,(H,26,27)/b14-12+. The van der Waals surface area contributed by atoms with Crippen molar-refractivity contribution in [2.75, 3.05) is 12.4 Å². The number of ether oxygens (including phenoxy) is 1. The van der Waals surface area contributed by atoms with Gasteiger partial charge >= 0.3 is 0 Å². The van der Waals surface area contributed by atoms with E-state index >= 15 is 0 Å². The summed E-state index contributed by atoms with van der Waals surface area (Å²) in [7, 11) is 1.63. The first-order chi connectivity index (χ1) is 14.0. The summed E-state index contributed by atoms with van der Waals surface area (Å²) in [6.45, 7) is 3.88. The highest BCUT2D eigenvalue weighted by molar-refractivity contribution is 6.05. The second kappa shape index (κ2) is 7.74. The molecule has 1 aromatic heterocycles. The fourth-order valence-electron chi connectivity index (χ4n) is 4.08. The van der Waals surface area contributed by atoms with Gasteiger partial charge in [0.05, 0.1) is 7.11 Å². The molecule has 0 bridgehead atoms. The number of furan rings is 1. The van der Waals surface area contributed by atoms with Gasteiger partial charge in [-0.25, -0.2) is 4.39 Å². The van der Waals surface area contributed by atoms with Gasteiger partial charge in [-0.15, -0.1) is 0 Å². The average Bonchev–Trinajstić information content (AvgIpc) is 3.08. The third-order valence-corrected chi connectivity index (χ3v) is 5.52. The van der Waals surface area contributed by atoms with Crippen LogP contribution in [0.25, 0.3) is 16.5 Å². The van der Waals surface area contributed by atoms with Crippen LogP contribution in [0.1, 0.15) is 42.2 Å². The number of rotatable bonds is 4. The molecular weight excluding hydrogens is 369 g/mol. The van der Waals surface area contributed by atoms with Gasteiger partial charge in [0.15, 0.2) is 0 Å². The number of anilines is 1. The van der Waals surface area contributed by atoms with Gasteiger partial charge in [0.2, 0.25) is 5.91 Å². The lowest BCUT2D eigenvalue weighted by atomic mass is 9.93. The Morgan fingerprint density at radius 2 is 1.93 bits per heavy atom. The monoisotopic (exact) mass is 393 g/mol. The van der Waals surface area contributed by atoms with E-state index in [4.69, 9.17) is 9.15 Å². The molecule has 0 unspecified atom stereocenters. The average molecular weight is 393 g/mol. The van der Waals surface area contributed by atoms with Gasteiger partial charge < -0.3 is 14.5 Å². The highest BCUT2D eigenvalue weighted by Gasteiger charge is 2.23. The Kier molecular flexibility index (Phi) is 5.14. The molecule has 1 amide bonds. The molecule has 0 saturated heterocycles. The Bertz CT molecular complexity index is 1110. The van der Waals surface area contributed by atoms with Gasteiger partial charge in [-0.05, 0) is 69.0 Å². The highest BCUT2D eigenvalue weighted by atomic mass is 19.1. The molecule has 0 fully saturated rings. The number of aryl methyl sites for hydroxylation is 3. The molecule has 5 heteroatoms. The molecule has 0 radical (unpaired) electrons. The van der Waals surface area contributed by atoms with E-state index in [0.717, 1.165) is 59.1 Å². The van der Waals surface area contributed by atoms with Crippen molar-refractivity contribution < 1.29 is 18.3 Å². The minimum Gasteiger partial charge on any atom is -0.496 e. The molecule has 3 aromatic rings. The van der Waals surface area contributed by atoms with Crippen LogP contribution in [0, 0.1) is 12.7 Å². The Morgan fingerprint density at radius 1 is 1.21 bits per heavy atom. The van der Waals surface area contributed by atoms with Crippen LogP contribution in [0.2, 0.25) is 0 Å². The largest absolute Gasteiger partial charge is 0.496 e. The fourth-order valence-corrected chi connectivity index (χ4v) is 4.08. The van der Waals surface area contributed by atoms with Crippen LogP contribution >= 0.6 is 0 Å². The molecule has 1 N–H and O–H groups in total. The maximum absolute atomic E-state index is 13.1. The SMILES string of the molecule is COc1c(/C(C)=C/C(=O)Nc2ccc(F)cc2)cc2c3c(oc2c1C)CCCC3. The Hall–Kier alpha value is -3.08. The summed E-state index contributed by atoms with van der Waals surface area (Å²) in [6.07, 6.45) is 5.84. The summed E-state index contributed by atoms with van der Waals surface area (Å²) >= 11 is 0. The molecule has 2 aromatic carbocycles. The summed E-state index contributed by atoms with van der Waals surface area (Å²) in [5.41, 5.74) is 5.31. The summed E-state index contributed by atoms with van der Waals surface area (Å²) in [6, 6.07) is 7.77. The summed E-state index contributed by atoms with van der Waals surface area (Å²) in [5.74, 6) is 1.17. The van der Waals surface area contributed by atoms with E-state index in [-0.39, 0.29) is 11.7 Å². The number of halogens is 1. The van der Waals surface area contributed by atoms with Gasteiger partial charge in [0, 0.05) is 40.3 Å². The smallest absolute Gasteiger partial charge is 0.248 e. The molecule has 1 aliphatic carbocycles. The molecule has 0 saturated carbocycles. The fraction of sp³-hybridized carbons (Fsp3) is 0.292. The first-order valence-electron chi connectivity index (χ1n) is 9.85. The van der Waals surface area contributed by atoms with Gasteiger partial charge in [-0.2, -0.15) is 0 Å². The number of hydrogen-bond donors (Lipinski definition) is 1. The zero-order chi connectivity index (χ0) is 20.5. The normalized spacial score (nSPS) is 14.0. The number of methoxy groups -OCH3 is 1. The first kappa shape index (κ1) is 19.2. The maximum Gasteiger partial charge on any atom is 0.248 e.